The van der Waals surface area contributed by atoms with E-state index in [9.17, 15) is 9.59 Å². The van der Waals surface area contributed by atoms with Gasteiger partial charge in [0.15, 0.2) is 5.82 Å². The van der Waals surface area contributed by atoms with Crippen LogP contribution in [0.5, 0.6) is 0 Å². The summed E-state index contributed by atoms with van der Waals surface area (Å²) in [7, 11) is 0. The molecule has 7 nitrogen and oxygen atoms in total. The van der Waals surface area contributed by atoms with Gasteiger partial charge in [-0.25, -0.2) is 9.89 Å². The molecule has 0 bridgehead atoms. The number of H-pyrrole nitrogens is 1. The number of aryl methyl sites for hydroxylation is 1. The number of nitrogens with one attached hydrogen (secondary N) is 1. The number of rotatable bonds is 1. The minimum absolute atomic E-state index is 0.0876. The third-order valence-electron chi connectivity index (χ3n) is 4.27. The molecule has 116 valence electrons. The molecule has 3 heterocycles. The van der Waals surface area contributed by atoms with Gasteiger partial charge in [0.2, 0.25) is 0 Å². The highest BCUT2D eigenvalue weighted by atomic mass is 16.2. The molecule has 1 N–H and O–H groups in total. The highest BCUT2D eigenvalue weighted by molar-refractivity contribution is 6.06. The second-order valence-corrected chi connectivity index (χ2v) is 5.65. The Morgan fingerprint density at radius 3 is 3.00 bits per heavy atom. The van der Waals surface area contributed by atoms with Gasteiger partial charge in [0.25, 0.3) is 5.91 Å². The highest BCUT2D eigenvalue weighted by Gasteiger charge is 2.25. The number of aromatic amines is 1. The number of fused-ring (bicyclic) bond motifs is 2. The molecule has 0 unspecified atom stereocenters. The molecule has 0 aliphatic carbocycles. The predicted molar refractivity (Wildman–Crippen MR) is 84.1 cm³/mol. The van der Waals surface area contributed by atoms with Gasteiger partial charge in [-0.05, 0) is 24.6 Å². The SMILES string of the molecule is Cc1ccc(C(=O)N2CCn3c(n[nH]c3=O)C2)c2ncccc12. The summed E-state index contributed by atoms with van der Waals surface area (Å²) in [6, 6.07) is 7.59. The van der Waals surface area contributed by atoms with Gasteiger partial charge < -0.3 is 4.90 Å². The van der Waals surface area contributed by atoms with Crippen molar-refractivity contribution in [1.29, 1.82) is 0 Å². The summed E-state index contributed by atoms with van der Waals surface area (Å²) in [5.74, 6) is 0.495. The first-order valence-corrected chi connectivity index (χ1v) is 7.43. The molecule has 1 aliphatic rings. The molecule has 1 amide bonds. The number of aromatic nitrogens is 4. The number of carbonyl (C=O) groups is 1. The minimum Gasteiger partial charge on any atom is -0.329 e. The molecule has 23 heavy (non-hydrogen) atoms. The third kappa shape index (κ3) is 2.12. The van der Waals surface area contributed by atoms with Crippen LogP contribution >= 0.6 is 0 Å². The average Bonchev–Trinajstić information content (AvgIpc) is 2.95. The van der Waals surface area contributed by atoms with E-state index >= 15 is 0 Å². The van der Waals surface area contributed by atoms with Gasteiger partial charge in [-0.2, -0.15) is 5.10 Å². The monoisotopic (exact) mass is 309 g/mol. The lowest BCUT2D eigenvalue weighted by Gasteiger charge is -2.27. The van der Waals surface area contributed by atoms with Crippen molar-refractivity contribution in [2.45, 2.75) is 20.0 Å². The Balaban J connectivity index is 1.73. The van der Waals surface area contributed by atoms with E-state index in [1.165, 1.54) is 0 Å². The first kappa shape index (κ1) is 13.7. The fourth-order valence-electron chi connectivity index (χ4n) is 3.00. The Morgan fingerprint density at radius 2 is 2.13 bits per heavy atom. The highest BCUT2D eigenvalue weighted by Crippen LogP contribution is 2.22. The van der Waals surface area contributed by atoms with Gasteiger partial charge >= 0.3 is 5.69 Å². The Hall–Kier alpha value is -2.96. The molecule has 0 radical (unpaired) electrons. The second-order valence-electron chi connectivity index (χ2n) is 5.65. The smallest absolute Gasteiger partial charge is 0.329 e. The van der Waals surface area contributed by atoms with Crippen LogP contribution in [0.3, 0.4) is 0 Å². The summed E-state index contributed by atoms with van der Waals surface area (Å²) < 4.78 is 1.56. The molecule has 1 aromatic carbocycles. The van der Waals surface area contributed by atoms with Gasteiger partial charge in [-0.1, -0.05) is 12.1 Å². The van der Waals surface area contributed by atoms with Crippen LogP contribution in [-0.2, 0) is 13.1 Å². The van der Waals surface area contributed by atoms with E-state index in [1.807, 2.05) is 31.2 Å². The van der Waals surface area contributed by atoms with E-state index in [0.29, 0.717) is 36.5 Å². The zero-order valence-corrected chi connectivity index (χ0v) is 12.6. The Kier molecular flexibility index (Phi) is 3.00. The van der Waals surface area contributed by atoms with Crippen molar-refractivity contribution in [3.05, 3.63) is 57.9 Å². The number of pyridine rings is 1. The molecule has 0 saturated heterocycles. The van der Waals surface area contributed by atoms with E-state index in [1.54, 1.807) is 15.7 Å². The molecule has 4 rings (SSSR count). The fourth-order valence-corrected chi connectivity index (χ4v) is 3.00. The lowest BCUT2D eigenvalue weighted by atomic mass is 10.0. The standard InChI is InChI=1S/C16H15N5O2/c1-10-4-5-12(14-11(10)3-2-6-17-14)15(22)20-7-8-21-13(9-20)18-19-16(21)23/h2-6H,7-9H2,1H3,(H,19,23). The summed E-state index contributed by atoms with van der Waals surface area (Å²) in [6.07, 6.45) is 1.69. The van der Waals surface area contributed by atoms with Crippen LogP contribution in [-0.4, -0.2) is 37.1 Å². The van der Waals surface area contributed by atoms with Gasteiger partial charge in [0.1, 0.15) is 0 Å². The first-order valence-electron chi connectivity index (χ1n) is 7.43. The second kappa shape index (κ2) is 5.05. The number of benzene rings is 1. The summed E-state index contributed by atoms with van der Waals surface area (Å²) in [4.78, 5) is 30.5. The molecule has 0 saturated carbocycles. The van der Waals surface area contributed by atoms with Crippen LogP contribution in [0.15, 0.2) is 35.3 Å². The quantitative estimate of drug-likeness (QED) is 0.729. The summed E-state index contributed by atoms with van der Waals surface area (Å²) in [5, 5.41) is 7.38. The van der Waals surface area contributed by atoms with Gasteiger partial charge in [-0.15, -0.1) is 0 Å². The summed E-state index contributed by atoms with van der Waals surface area (Å²) in [5.41, 5.74) is 2.15. The molecule has 7 heteroatoms. The van der Waals surface area contributed by atoms with E-state index in [0.717, 1.165) is 10.9 Å². The maximum Gasteiger partial charge on any atom is 0.343 e. The van der Waals surface area contributed by atoms with Crippen molar-refractivity contribution < 1.29 is 4.79 Å². The maximum atomic E-state index is 12.9. The van der Waals surface area contributed by atoms with Gasteiger partial charge in [0.05, 0.1) is 17.6 Å². The maximum absolute atomic E-state index is 12.9. The van der Waals surface area contributed by atoms with Crippen LogP contribution in [0.25, 0.3) is 10.9 Å². The van der Waals surface area contributed by atoms with Crippen molar-refractivity contribution in [2.24, 2.45) is 0 Å². The predicted octanol–water partition coefficient (Wildman–Crippen LogP) is 1.08. The molecule has 1 aliphatic heterocycles. The Morgan fingerprint density at radius 1 is 1.26 bits per heavy atom. The summed E-state index contributed by atoms with van der Waals surface area (Å²) >= 11 is 0. The zero-order valence-electron chi connectivity index (χ0n) is 12.6. The molecule has 0 fully saturated rings. The van der Waals surface area contributed by atoms with E-state index in [2.05, 4.69) is 15.2 Å². The Bertz CT molecular complexity index is 972. The van der Waals surface area contributed by atoms with Crippen LogP contribution in [0.1, 0.15) is 21.7 Å². The summed E-state index contributed by atoms with van der Waals surface area (Å²) in [6.45, 7) is 3.25. The number of amides is 1. The van der Waals surface area contributed by atoms with E-state index < -0.39 is 0 Å². The van der Waals surface area contributed by atoms with Crippen molar-refractivity contribution in [1.82, 2.24) is 24.6 Å². The van der Waals surface area contributed by atoms with Gasteiger partial charge in [0, 0.05) is 24.7 Å². The average molecular weight is 309 g/mol. The van der Waals surface area contributed by atoms with Gasteiger partial charge in [-0.3, -0.25) is 14.3 Å². The number of hydrogen-bond acceptors (Lipinski definition) is 4. The molecule has 2 aromatic heterocycles. The minimum atomic E-state index is -0.227. The van der Waals surface area contributed by atoms with Crippen LogP contribution in [0.2, 0.25) is 0 Å². The fraction of sp³-hybridized carbons (Fsp3) is 0.250. The third-order valence-corrected chi connectivity index (χ3v) is 4.27. The Labute approximate surface area is 131 Å². The first-order chi connectivity index (χ1) is 11.1. The zero-order chi connectivity index (χ0) is 16.0. The van der Waals surface area contributed by atoms with E-state index in [-0.39, 0.29) is 11.6 Å². The molecule has 3 aromatic rings. The topological polar surface area (TPSA) is 83.9 Å². The lowest BCUT2D eigenvalue weighted by Crippen LogP contribution is -2.40. The van der Waals surface area contributed by atoms with Crippen molar-refractivity contribution >= 4 is 16.8 Å². The normalized spacial score (nSPS) is 14.0. The number of hydrogen-bond donors (Lipinski definition) is 1. The molecular formula is C16H15N5O2. The van der Waals surface area contributed by atoms with Crippen LogP contribution in [0, 0.1) is 6.92 Å². The van der Waals surface area contributed by atoms with Crippen molar-refractivity contribution in [3.8, 4) is 0 Å². The van der Waals surface area contributed by atoms with Crippen LogP contribution < -0.4 is 5.69 Å². The number of carbonyl (C=O) groups excluding carboxylic acids is 1. The van der Waals surface area contributed by atoms with Crippen molar-refractivity contribution in [3.63, 3.8) is 0 Å². The largest absolute Gasteiger partial charge is 0.343 e. The molecule has 0 spiro atoms. The van der Waals surface area contributed by atoms with Crippen LogP contribution in [0.4, 0.5) is 0 Å². The number of nitrogens with zero attached hydrogens (tertiary/aromatic N) is 4. The lowest BCUT2D eigenvalue weighted by molar-refractivity contribution is 0.0708. The molecule has 0 atom stereocenters. The van der Waals surface area contributed by atoms with E-state index in [4.69, 9.17) is 0 Å². The molecular weight excluding hydrogens is 294 g/mol. The van der Waals surface area contributed by atoms with Crippen molar-refractivity contribution in [2.75, 3.05) is 6.54 Å².